The molecule has 0 saturated heterocycles. The molecule has 1 rings (SSSR count). The quantitative estimate of drug-likeness (QED) is 0.473. The van der Waals surface area contributed by atoms with Crippen molar-refractivity contribution >= 4 is 12.0 Å². The van der Waals surface area contributed by atoms with Crippen LogP contribution in [0, 0.1) is 6.92 Å². The van der Waals surface area contributed by atoms with E-state index in [1.54, 1.807) is 19.1 Å². The minimum absolute atomic E-state index is 0. The molecule has 70 valence electrons. The summed E-state index contributed by atoms with van der Waals surface area (Å²) in [6.45, 7) is 1.76. The van der Waals surface area contributed by atoms with Crippen molar-refractivity contribution < 1.29 is 46.0 Å². The first-order valence-electron chi connectivity index (χ1n) is 3.80. The minimum atomic E-state index is -0.981. The second kappa shape index (κ2) is 5.86. The van der Waals surface area contributed by atoms with E-state index >= 15 is 0 Å². The van der Waals surface area contributed by atoms with Crippen LogP contribution in [0.15, 0.2) is 24.3 Å². The topological polar surface area (TPSA) is 57.5 Å². The van der Waals surface area contributed by atoms with Gasteiger partial charge in [-0.3, -0.25) is 0 Å². The summed E-state index contributed by atoms with van der Waals surface area (Å²) in [6, 6.07) is 4.91. The van der Waals surface area contributed by atoms with Gasteiger partial charge >= 0.3 is 35.5 Å². The Morgan fingerprint density at radius 2 is 2.14 bits per heavy atom. The molecule has 4 heteroatoms. The summed E-state index contributed by atoms with van der Waals surface area (Å²) in [5, 5.41) is 17.5. The van der Waals surface area contributed by atoms with E-state index in [0.717, 1.165) is 17.2 Å². The Morgan fingerprint density at radius 1 is 1.50 bits per heavy atom. The maximum atomic E-state index is 10.2. The fourth-order valence-electron chi connectivity index (χ4n) is 0.950. The molecular formula is C10H11NaO3. The van der Waals surface area contributed by atoms with Crippen LogP contribution >= 0.6 is 0 Å². The Balaban J connectivity index is 0. The first-order valence-corrected chi connectivity index (χ1v) is 3.80. The zero-order valence-corrected chi connectivity index (χ0v) is 10.2. The summed E-state index contributed by atoms with van der Waals surface area (Å²) in [7, 11) is 0. The van der Waals surface area contributed by atoms with Gasteiger partial charge in [-0.15, -0.1) is 0 Å². The number of hydrogen-bond acceptors (Lipinski definition) is 2. The Kier molecular flexibility index (Phi) is 5.53. The molecule has 0 radical (unpaired) electrons. The summed E-state index contributed by atoms with van der Waals surface area (Å²) in [4.78, 5) is 10.2. The third-order valence-corrected chi connectivity index (χ3v) is 1.64. The Morgan fingerprint density at radius 3 is 2.64 bits per heavy atom. The van der Waals surface area contributed by atoms with Crippen molar-refractivity contribution in [3.8, 4) is 5.75 Å². The van der Waals surface area contributed by atoms with Gasteiger partial charge in [-0.25, -0.2) is 4.79 Å². The van der Waals surface area contributed by atoms with Crippen LogP contribution in [0.4, 0.5) is 0 Å². The molecule has 0 amide bonds. The Labute approximate surface area is 106 Å². The molecule has 0 atom stereocenters. The van der Waals surface area contributed by atoms with Crippen molar-refractivity contribution in [1.82, 2.24) is 0 Å². The van der Waals surface area contributed by atoms with Crippen LogP contribution in [0.2, 0.25) is 0 Å². The number of benzene rings is 1. The summed E-state index contributed by atoms with van der Waals surface area (Å²) >= 11 is 0. The minimum Gasteiger partial charge on any atom is -1.00 e. The van der Waals surface area contributed by atoms with E-state index in [1.165, 1.54) is 12.1 Å². The van der Waals surface area contributed by atoms with Gasteiger partial charge in [-0.1, -0.05) is 6.07 Å². The predicted molar refractivity (Wildman–Crippen MR) is 50.6 cm³/mol. The number of carboxylic acids is 1. The SMILES string of the molecule is Cc1cc(/C=C/C(=O)O)ccc1O.[H-].[Na+]. The van der Waals surface area contributed by atoms with Crippen LogP contribution in [0.5, 0.6) is 5.75 Å². The summed E-state index contributed by atoms with van der Waals surface area (Å²) in [6.07, 6.45) is 2.54. The maximum Gasteiger partial charge on any atom is 1.00 e. The number of carbonyl (C=O) groups is 1. The number of aromatic hydroxyl groups is 1. The number of hydrogen-bond donors (Lipinski definition) is 2. The summed E-state index contributed by atoms with van der Waals surface area (Å²) in [5.74, 6) is -0.766. The van der Waals surface area contributed by atoms with Gasteiger partial charge in [0.05, 0.1) is 0 Å². The first-order chi connectivity index (χ1) is 6.09. The number of carboxylic acid groups (broad SMARTS) is 1. The van der Waals surface area contributed by atoms with Crippen LogP contribution in [-0.4, -0.2) is 16.2 Å². The van der Waals surface area contributed by atoms with Gasteiger partial charge < -0.3 is 11.6 Å². The van der Waals surface area contributed by atoms with Crippen LogP contribution in [0.1, 0.15) is 12.6 Å². The Bertz CT molecular complexity index is 364. The van der Waals surface area contributed by atoms with E-state index in [9.17, 15) is 9.90 Å². The standard InChI is InChI=1S/C10H10O3.Na.H/c1-7-6-8(2-4-9(7)11)3-5-10(12)13;;/h2-6,11H,1H3,(H,12,13);;/q;+1;-1/b5-3+;;. The van der Waals surface area contributed by atoms with Gasteiger partial charge in [0.25, 0.3) is 0 Å². The molecule has 0 bridgehead atoms. The van der Waals surface area contributed by atoms with Crippen LogP contribution in [0.25, 0.3) is 6.08 Å². The first kappa shape index (κ1) is 13.2. The zero-order valence-electron chi connectivity index (χ0n) is 9.19. The molecule has 0 spiro atoms. The molecular weight excluding hydrogens is 191 g/mol. The van der Waals surface area contributed by atoms with E-state index in [0.29, 0.717) is 0 Å². The van der Waals surface area contributed by atoms with Crippen molar-refractivity contribution in [2.75, 3.05) is 0 Å². The molecule has 1 aromatic rings. The third-order valence-electron chi connectivity index (χ3n) is 1.64. The average molecular weight is 202 g/mol. The normalized spacial score (nSPS) is 9.79. The van der Waals surface area contributed by atoms with Crippen molar-refractivity contribution in [3.05, 3.63) is 35.4 Å². The van der Waals surface area contributed by atoms with Gasteiger partial charge in [0.15, 0.2) is 0 Å². The smallest absolute Gasteiger partial charge is 1.00 e. The van der Waals surface area contributed by atoms with E-state index in [2.05, 4.69) is 0 Å². The molecule has 0 unspecified atom stereocenters. The largest absolute Gasteiger partial charge is 1.00 e. The van der Waals surface area contributed by atoms with E-state index in [4.69, 9.17) is 5.11 Å². The summed E-state index contributed by atoms with van der Waals surface area (Å²) < 4.78 is 0. The van der Waals surface area contributed by atoms with Crippen molar-refractivity contribution in [3.63, 3.8) is 0 Å². The molecule has 0 aromatic heterocycles. The van der Waals surface area contributed by atoms with Gasteiger partial charge in [-0.05, 0) is 36.3 Å². The van der Waals surface area contributed by atoms with Crippen LogP contribution in [0.3, 0.4) is 0 Å². The maximum absolute atomic E-state index is 10.2. The fraction of sp³-hybridized carbons (Fsp3) is 0.100. The number of rotatable bonds is 2. The third kappa shape index (κ3) is 3.96. The molecule has 0 saturated carbocycles. The summed E-state index contributed by atoms with van der Waals surface area (Å²) in [5.41, 5.74) is 1.49. The monoisotopic (exact) mass is 202 g/mol. The van der Waals surface area contributed by atoms with Gasteiger partial charge in [0.2, 0.25) is 0 Å². The average Bonchev–Trinajstić information content (AvgIpc) is 2.07. The number of phenolic OH excluding ortho intramolecular Hbond substituents is 1. The molecule has 14 heavy (non-hydrogen) atoms. The molecule has 0 aliphatic carbocycles. The Hall–Kier alpha value is -0.770. The van der Waals surface area contributed by atoms with Crippen molar-refractivity contribution in [1.29, 1.82) is 0 Å². The number of aliphatic carboxylic acids is 1. The zero-order chi connectivity index (χ0) is 9.84. The van der Waals surface area contributed by atoms with Crippen LogP contribution in [-0.2, 0) is 4.79 Å². The van der Waals surface area contributed by atoms with E-state index < -0.39 is 5.97 Å². The number of phenols is 1. The van der Waals surface area contributed by atoms with Crippen LogP contribution < -0.4 is 29.6 Å². The number of aryl methyl sites for hydroxylation is 1. The molecule has 2 N–H and O–H groups in total. The molecule has 0 aliphatic rings. The van der Waals surface area contributed by atoms with Crippen molar-refractivity contribution in [2.24, 2.45) is 0 Å². The fourth-order valence-corrected chi connectivity index (χ4v) is 0.950. The van der Waals surface area contributed by atoms with Crippen molar-refractivity contribution in [2.45, 2.75) is 6.92 Å². The second-order valence-electron chi connectivity index (χ2n) is 2.72. The van der Waals surface area contributed by atoms with Gasteiger partial charge in [0, 0.05) is 6.08 Å². The van der Waals surface area contributed by atoms with Gasteiger partial charge in [0.1, 0.15) is 5.75 Å². The van der Waals surface area contributed by atoms with Gasteiger partial charge in [-0.2, -0.15) is 0 Å². The second-order valence-corrected chi connectivity index (χ2v) is 2.72. The molecule has 0 heterocycles. The molecule has 0 fully saturated rings. The van der Waals surface area contributed by atoms with E-state index in [1.807, 2.05) is 0 Å². The predicted octanol–water partition coefficient (Wildman–Crippen LogP) is -1.09. The molecule has 3 nitrogen and oxygen atoms in total. The molecule has 0 aliphatic heterocycles. The van der Waals surface area contributed by atoms with E-state index in [-0.39, 0.29) is 36.7 Å². The molecule has 1 aromatic carbocycles.